The fourth-order valence-electron chi connectivity index (χ4n) is 3.41. The minimum Gasteiger partial charge on any atom is -0.497 e. The Bertz CT molecular complexity index is 1250. The molecular formula is C25H23N3O4S. The molecule has 0 amide bonds. The average Bonchev–Trinajstić information content (AvgIpc) is 3.30. The van der Waals surface area contributed by atoms with Crippen molar-refractivity contribution < 1.29 is 19.0 Å². The van der Waals surface area contributed by atoms with Crippen molar-refractivity contribution in [2.45, 2.75) is 5.16 Å². The fourth-order valence-corrected chi connectivity index (χ4v) is 4.25. The number of Topliss-reactive ketones (excluding diaryl/α,β-unsaturated/α-hetero) is 1. The van der Waals surface area contributed by atoms with Gasteiger partial charge in [0.25, 0.3) is 0 Å². The van der Waals surface area contributed by atoms with Gasteiger partial charge in [-0.2, -0.15) is 0 Å². The van der Waals surface area contributed by atoms with Crippen LogP contribution in [0.5, 0.6) is 17.2 Å². The van der Waals surface area contributed by atoms with Crippen LogP contribution in [0.1, 0.15) is 10.4 Å². The van der Waals surface area contributed by atoms with Crippen LogP contribution in [0.3, 0.4) is 0 Å². The van der Waals surface area contributed by atoms with Crippen molar-refractivity contribution in [1.82, 2.24) is 14.8 Å². The maximum Gasteiger partial charge on any atom is 0.196 e. The van der Waals surface area contributed by atoms with E-state index in [0.717, 1.165) is 17.0 Å². The Kier molecular flexibility index (Phi) is 6.95. The zero-order chi connectivity index (χ0) is 23.2. The second-order valence-corrected chi connectivity index (χ2v) is 7.89. The molecule has 0 spiro atoms. The standard InChI is InChI=1S/C25H23N3O4S/c1-30-18-14-12-17(13-15-18)28-24(20-9-5-7-11-23(20)32-3)26-27-25(28)33-16-21(29)19-8-4-6-10-22(19)31-2/h4-15H,16H2,1-3H3. The number of hydrogen-bond donors (Lipinski definition) is 0. The molecule has 0 bridgehead atoms. The number of hydrogen-bond acceptors (Lipinski definition) is 7. The number of carbonyl (C=O) groups is 1. The van der Waals surface area contributed by atoms with Gasteiger partial charge < -0.3 is 14.2 Å². The van der Waals surface area contributed by atoms with Crippen LogP contribution in [0.4, 0.5) is 0 Å². The van der Waals surface area contributed by atoms with Crippen LogP contribution in [-0.4, -0.2) is 47.6 Å². The zero-order valence-corrected chi connectivity index (χ0v) is 19.3. The predicted octanol–water partition coefficient (Wildman–Crippen LogP) is 4.94. The van der Waals surface area contributed by atoms with Crippen molar-refractivity contribution in [1.29, 1.82) is 0 Å². The molecule has 0 aliphatic heterocycles. The van der Waals surface area contributed by atoms with Gasteiger partial charge in [0.15, 0.2) is 16.8 Å². The molecule has 0 atom stereocenters. The first kappa shape index (κ1) is 22.4. The third kappa shape index (κ3) is 4.70. The minimum atomic E-state index is -0.0550. The highest BCUT2D eigenvalue weighted by atomic mass is 32.2. The molecule has 0 saturated carbocycles. The van der Waals surface area contributed by atoms with Crippen molar-refractivity contribution in [2.75, 3.05) is 27.1 Å². The smallest absolute Gasteiger partial charge is 0.196 e. The largest absolute Gasteiger partial charge is 0.497 e. The van der Waals surface area contributed by atoms with Crippen molar-refractivity contribution >= 4 is 17.5 Å². The van der Waals surface area contributed by atoms with E-state index in [9.17, 15) is 4.79 Å². The monoisotopic (exact) mass is 461 g/mol. The van der Waals surface area contributed by atoms with Gasteiger partial charge in [-0.3, -0.25) is 9.36 Å². The second-order valence-electron chi connectivity index (χ2n) is 6.95. The van der Waals surface area contributed by atoms with Gasteiger partial charge in [-0.1, -0.05) is 36.0 Å². The number of benzene rings is 3. The van der Waals surface area contributed by atoms with Gasteiger partial charge in [-0.25, -0.2) is 0 Å². The predicted molar refractivity (Wildman–Crippen MR) is 128 cm³/mol. The Balaban J connectivity index is 1.72. The Morgan fingerprint density at radius 1 is 0.818 bits per heavy atom. The number of ketones is 1. The Labute approximate surface area is 196 Å². The Morgan fingerprint density at radius 3 is 2.18 bits per heavy atom. The summed E-state index contributed by atoms with van der Waals surface area (Å²) in [4.78, 5) is 12.9. The fraction of sp³-hybridized carbons (Fsp3) is 0.160. The molecule has 0 N–H and O–H groups in total. The highest BCUT2D eigenvalue weighted by Crippen LogP contribution is 2.34. The van der Waals surface area contributed by atoms with Crippen molar-refractivity contribution in [3.63, 3.8) is 0 Å². The molecule has 8 heteroatoms. The third-order valence-corrected chi connectivity index (χ3v) is 5.98. The van der Waals surface area contributed by atoms with Crippen LogP contribution in [0, 0.1) is 0 Å². The van der Waals surface area contributed by atoms with Gasteiger partial charge in [0.05, 0.1) is 43.9 Å². The summed E-state index contributed by atoms with van der Waals surface area (Å²) in [5, 5.41) is 9.43. The van der Waals surface area contributed by atoms with Gasteiger partial charge >= 0.3 is 0 Å². The van der Waals surface area contributed by atoms with Crippen molar-refractivity contribution in [2.24, 2.45) is 0 Å². The molecule has 0 aliphatic carbocycles. The first-order valence-corrected chi connectivity index (χ1v) is 11.2. The molecule has 0 fully saturated rings. The van der Waals surface area contributed by atoms with Crippen LogP contribution >= 0.6 is 11.8 Å². The molecule has 0 unspecified atom stereocenters. The molecule has 0 radical (unpaired) electrons. The van der Waals surface area contributed by atoms with Gasteiger partial charge in [0, 0.05) is 0 Å². The second kappa shape index (κ2) is 10.2. The van der Waals surface area contributed by atoms with E-state index < -0.39 is 0 Å². The van der Waals surface area contributed by atoms with Gasteiger partial charge in [-0.15, -0.1) is 10.2 Å². The maximum absolute atomic E-state index is 12.9. The molecule has 7 nitrogen and oxygen atoms in total. The van der Waals surface area contributed by atoms with E-state index in [1.807, 2.05) is 65.2 Å². The van der Waals surface area contributed by atoms with E-state index in [1.54, 1.807) is 33.5 Å². The van der Waals surface area contributed by atoms with E-state index in [1.165, 1.54) is 11.8 Å². The molecule has 1 aromatic heterocycles. The summed E-state index contributed by atoms with van der Waals surface area (Å²) in [7, 11) is 4.80. The summed E-state index contributed by atoms with van der Waals surface area (Å²) in [5.74, 6) is 2.72. The number of carbonyl (C=O) groups excluding carboxylic acids is 1. The van der Waals surface area contributed by atoms with Gasteiger partial charge in [-0.05, 0) is 48.5 Å². The number of methoxy groups -OCH3 is 3. The Morgan fingerprint density at radius 2 is 1.48 bits per heavy atom. The lowest BCUT2D eigenvalue weighted by Gasteiger charge is -2.13. The molecule has 4 rings (SSSR count). The molecular weight excluding hydrogens is 438 g/mol. The van der Waals surface area contributed by atoms with Crippen LogP contribution < -0.4 is 14.2 Å². The summed E-state index contributed by atoms with van der Waals surface area (Å²) >= 11 is 1.32. The lowest BCUT2D eigenvalue weighted by Crippen LogP contribution is -2.06. The normalized spacial score (nSPS) is 10.6. The molecule has 0 aliphatic rings. The molecule has 168 valence electrons. The molecule has 1 heterocycles. The van der Waals surface area contributed by atoms with Crippen LogP contribution in [0.15, 0.2) is 78.0 Å². The van der Waals surface area contributed by atoms with Gasteiger partial charge in [0.1, 0.15) is 17.2 Å². The number of para-hydroxylation sites is 2. The zero-order valence-electron chi connectivity index (χ0n) is 18.5. The van der Waals surface area contributed by atoms with E-state index in [2.05, 4.69) is 10.2 Å². The van der Waals surface area contributed by atoms with Crippen LogP contribution in [0.25, 0.3) is 17.1 Å². The number of aromatic nitrogens is 3. The first-order chi connectivity index (χ1) is 16.2. The van der Waals surface area contributed by atoms with Crippen LogP contribution in [-0.2, 0) is 0 Å². The van der Waals surface area contributed by atoms with Crippen molar-refractivity contribution in [3.8, 4) is 34.3 Å². The summed E-state index contributed by atoms with van der Waals surface area (Å²) in [6, 6.07) is 22.4. The average molecular weight is 462 g/mol. The first-order valence-electron chi connectivity index (χ1n) is 10.2. The third-order valence-electron chi connectivity index (χ3n) is 5.05. The summed E-state index contributed by atoms with van der Waals surface area (Å²) in [6.07, 6.45) is 0. The highest BCUT2D eigenvalue weighted by Gasteiger charge is 2.21. The van der Waals surface area contributed by atoms with Crippen LogP contribution in [0.2, 0.25) is 0 Å². The number of rotatable bonds is 9. The summed E-state index contributed by atoms with van der Waals surface area (Å²) in [5.41, 5.74) is 2.17. The molecule has 4 aromatic rings. The highest BCUT2D eigenvalue weighted by molar-refractivity contribution is 7.99. The number of ether oxygens (including phenoxy) is 3. The summed E-state index contributed by atoms with van der Waals surface area (Å²) in [6.45, 7) is 0. The number of thioether (sulfide) groups is 1. The lowest BCUT2D eigenvalue weighted by atomic mass is 10.1. The quantitative estimate of drug-likeness (QED) is 0.258. The van der Waals surface area contributed by atoms with E-state index in [4.69, 9.17) is 14.2 Å². The Hall–Kier alpha value is -3.78. The molecule has 0 saturated heterocycles. The lowest BCUT2D eigenvalue weighted by molar-refractivity contribution is 0.101. The van der Waals surface area contributed by atoms with E-state index in [0.29, 0.717) is 28.0 Å². The maximum atomic E-state index is 12.9. The van der Waals surface area contributed by atoms with E-state index >= 15 is 0 Å². The molecule has 3 aromatic carbocycles. The topological polar surface area (TPSA) is 75.5 Å². The summed E-state index contributed by atoms with van der Waals surface area (Å²) < 4.78 is 18.1. The van der Waals surface area contributed by atoms with Gasteiger partial charge in [0.2, 0.25) is 0 Å². The minimum absolute atomic E-state index is 0.0550. The van der Waals surface area contributed by atoms with Crippen molar-refractivity contribution in [3.05, 3.63) is 78.4 Å². The van der Waals surface area contributed by atoms with E-state index in [-0.39, 0.29) is 11.5 Å². The number of nitrogens with zero attached hydrogens (tertiary/aromatic N) is 3. The SMILES string of the molecule is COc1ccc(-n2c(SCC(=O)c3ccccc3OC)nnc2-c2ccccc2OC)cc1. The molecule has 33 heavy (non-hydrogen) atoms.